The van der Waals surface area contributed by atoms with Crippen molar-refractivity contribution >= 4 is 18.3 Å². The van der Waals surface area contributed by atoms with Gasteiger partial charge in [-0.2, -0.15) is 5.26 Å². The van der Waals surface area contributed by atoms with Gasteiger partial charge in [-0.25, -0.2) is 4.99 Å². The van der Waals surface area contributed by atoms with E-state index in [2.05, 4.69) is 36.0 Å². The Morgan fingerprint density at radius 3 is 2.80 bits per heavy atom. The van der Waals surface area contributed by atoms with Crippen LogP contribution in [0.25, 0.3) is 5.57 Å². The number of amidine groups is 1. The third-order valence-electron chi connectivity index (χ3n) is 7.03. The van der Waals surface area contributed by atoms with Crippen LogP contribution < -0.4 is 5.73 Å². The Kier molecular flexibility index (Phi) is 5.25. The van der Waals surface area contributed by atoms with Gasteiger partial charge in [0.15, 0.2) is 0 Å². The number of methoxy groups -OCH3 is 1. The van der Waals surface area contributed by atoms with Crippen molar-refractivity contribution in [3.05, 3.63) is 52.7 Å². The molecule has 6 heteroatoms. The van der Waals surface area contributed by atoms with Gasteiger partial charge >= 0.3 is 0 Å². The molecule has 1 aromatic carbocycles. The molecular formula is C24H28N4O2. The van der Waals surface area contributed by atoms with Gasteiger partial charge in [-0.15, -0.1) is 0 Å². The fourth-order valence-corrected chi connectivity index (χ4v) is 5.46. The van der Waals surface area contributed by atoms with Gasteiger partial charge in [-0.05, 0) is 74.6 Å². The van der Waals surface area contributed by atoms with Gasteiger partial charge < -0.3 is 15.2 Å². The molecule has 30 heavy (non-hydrogen) atoms. The fraction of sp³-hybridized carbons (Fsp3) is 0.458. The topological polar surface area (TPSA) is 93.0 Å². The second kappa shape index (κ2) is 7.73. The molecule has 2 spiro atoms. The monoisotopic (exact) mass is 404 g/mol. The summed E-state index contributed by atoms with van der Waals surface area (Å²) in [7, 11) is 1.79. The molecule has 2 aliphatic carbocycles. The van der Waals surface area contributed by atoms with Crippen molar-refractivity contribution in [1.82, 2.24) is 0 Å². The van der Waals surface area contributed by atoms with Gasteiger partial charge in [-0.3, -0.25) is 4.99 Å². The smallest absolute Gasteiger partial charge is 0.283 e. The van der Waals surface area contributed by atoms with Crippen LogP contribution in [0.5, 0.6) is 0 Å². The summed E-state index contributed by atoms with van der Waals surface area (Å²) in [4.78, 5) is 8.86. The van der Waals surface area contributed by atoms with E-state index in [0.29, 0.717) is 18.3 Å². The Labute approximate surface area is 177 Å². The van der Waals surface area contributed by atoms with Gasteiger partial charge in [0.1, 0.15) is 12.1 Å². The number of allylic oxidation sites excluding steroid dienone is 3. The molecule has 0 aromatic heterocycles. The zero-order valence-electron chi connectivity index (χ0n) is 17.6. The average molecular weight is 405 g/mol. The largest absolute Gasteiger partial charge is 0.462 e. The van der Waals surface area contributed by atoms with Crippen molar-refractivity contribution in [3.63, 3.8) is 0 Å². The second-order valence-electron chi connectivity index (χ2n) is 8.57. The molecular weight excluding hydrogens is 376 g/mol. The highest BCUT2D eigenvalue weighted by Gasteiger charge is 2.61. The zero-order valence-corrected chi connectivity index (χ0v) is 17.6. The summed E-state index contributed by atoms with van der Waals surface area (Å²) in [5, 5.41) is 9.21. The van der Waals surface area contributed by atoms with Crippen molar-refractivity contribution in [1.29, 1.82) is 5.26 Å². The van der Waals surface area contributed by atoms with Gasteiger partial charge in [0.05, 0.1) is 12.2 Å². The quantitative estimate of drug-likeness (QED) is 0.468. The normalized spacial score (nSPS) is 30.7. The number of ether oxygens (including phenoxy) is 2. The van der Waals surface area contributed by atoms with Crippen LogP contribution in [0.15, 0.2) is 46.0 Å². The van der Waals surface area contributed by atoms with Crippen LogP contribution in [0.1, 0.15) is 49.3 Å². The van der Waals surface area contributed by atoms with Gasteiger partial charge in [-0.1, -0.05) is 12.1 Å². The Balaban J connectivity index is 1.81. The van der Waals surface area contributed by atoms with Crippen molar-refractivity contribution in [2.75, 3.05) is 13.7 Å². The van der Waals surface area contributed by atoms with Crippen LogP contribution in [0.2, 0.25) is 0 Å². The van der Waals surface area contributed by atoms with E-state index in [1.807, 2.05) is 6.08 Å². The number of aliphatic imine (C=N–C) groups is 2. The molecule has 0 unspecified atom stereocenters. The number of hydrogen-bond donors (Lipinski definition) is 1. The minimum Gasteiger partial charge on any atom is -0.462 e. The van der Waals surface area contributed by atoms with E-state index >= 15 is 0 Å². The molecule has 0 bridgehead atoms. The first-order chi connectivity index (χ1) is 14.5. The number of rotatable bonds is 4. The Morgan fingerprint density at radius 1 is 1.43 bits per heavy atom. The Morgan fingerprint density at radius 2 is 2.20 bits per heavy atom. The van der Waals surface area contributed by atoms with Crippen LogP contribution in [-0.4, -0.2) is 32.6 Å². The second-order valence-corrected chi connectivity index (χ2v) is 8.57. The standard InChI is InChI=1S/C24H28N4O2/c1-16(13-25)10-19(14-27-2)17-4-5-18-12-23(8-6-20(29-3)7-9-23)24(21(18)11-17)15-30-22(26)28-24/h4-5,10-11,14,20H,2,6-9,12,15H2,1,3H3,(H2,26,28)/b16-10+,19-14+/t20?,23?,24-/m0/s1. The lowest BCUT2D eigenvalue weighted by Gasteiger charge is -2.45. The number of nitrogens with zero attached hydrogens (tertiary/aromatic N) is 3. The molecule has 1 fully saturated rings. The van der Waals surface area contributed by atoms with Crippen molar-refractivity contribution in [2.45, 2.75) is 50.7 Å². The SMILES string of the molecule is C=N/C=C(\C=C(/C)C#N)c1ccc2c(c1)[C@@]1(COC(N)=N1)C1(CCC(OC)CC1)C2. The third-order valence-corrected chi connectivity index (χ3v) is 7.03. The van der Waals surface area contributed by atoms with Crippen LogP contribution in [0, 0.1) is 16.7 Å². The summed E-state index contributed by atoms with van der Waals surface area (Å²) < 4.78 is 11.4. The van der Waals surface area contributed by atoms with Crippen LogP contribution >= 0.6 is 0 Å². The summed E-state index contributed by atoms with van der Waals surface area (Å²) in [5.41, 5.74) is 10.5. The average Bonchev–Trinajstić information content (AvgIpc) is 3.27. The Hall–Kier alpha value is -2.91. The number of hydrogen-bond acceptors (Lipinski definition) is 6. The maximum absolute atomic E-state index is 9.21. The minimum atomic E-state index is -0.470. The summed E-state index contributed by atoms with van der Waals surface area (Å²) in [5.74, 6) is 0. The van der Waals surface area contributed by atoms with Crippen molar-refractivity contribution in [3.8, 4) is 6.07 Å². The van der Waals surface area contributed by atoms with E-state index in [9.17, 15) is 5.26 Å². The predicted molar refractivity (Wildman–Crippen MR) is 118 cm³/mol. The third kappa shape index (κ3) is 3.14. The minimum absolute atomic E-state index is 0.0108. The molecule has 3 aliphatic rings. The highest BCUT2D eigenvalue weighted by atomic mass is 16.5. The summed E-state index contributed by atoms with van der Waals surface area (Å²) in [6.45, 7) is 5.84. The number of benzene rings is 1. The zero-order chi connectivity index (χ0) is 21.4. The molecule has 0 radical (unpaired) electrons. The molecule has 4 rings (SSSR count). The molecule has 0 amide bonds. The lowest BCUT2D eigenvalue weighted by Crippen LogP contribution is -2.46. The maximum Gasteiger partial charge on any atom is 0.283 e. The van der Waals surface area contributed by atoms with Gasteiger partial charge in [0.25, 0.3) is 6.02 Å². The molecule has 1 aromatic rings. The summed E-state index contributed by atoms with van der Waals surface area (Å²) >= 11 is 0. The van der Waals surface area contributed by atoms with E-state index < -0.39 is 5.54 Å². The Bertz CT molecular complexity index is 993. The molecule has 1 heterocycles. The summed E-state index contributed by atoms with van der Waals surface area (Å²) in [6, 6.07) is 8.89. The van der Waals surface area contributed by atoms with E-state index in [1.165, 1.54) is 11.1 Å². The number of nitriles is 1. The first-order valence-electron chi connectivity index (χ1n) is 10.4. The molecule has 1 aliphatic heterocycles. The van der Waals surface area contributed by atoms with E-state index in [4.69, 9.17) is 20.2 Å². The van der Waals surface area contributed by atoms with Crippen LogP contribution in [-0.2, 0) is 21.4 Å². The summed E-state index contributed by atoms with van der Waals surface area (Å²) in [6.07, 6.45) is 8.88. The molecule has 2 N–H and O–H groups in total. The van der Waals surface area contributed by atoms with E-state index in [-0.39, 0.29) is 11.4 Å². The van der Waals surface area contributed by atoms with E-state index in [0.717, 1.165) is 43.2 Å². The van der Waals surface area contributed by atoms with Crippen LogP contribution in [0.4, 0.5) is 0 Å². The predicted octanol–water partition coefficient (Wildman–Crippen LogP) is 3.87. The van der Waals surface area contributed by atoms with Gasteiger partial charge in [0.2, 0.25) is 0 Å². The highest BCUT2D eigenvalue weighted by Crippen LogP contribution is 2.61. The van der Waals surface area contributed by atoms with Crippen LogP contribution in [0.3, 0.4) is 0 Å². The van der Waals surface area contributed by atoms with Crippen molar-refractivity contribution < 1.29 is 9.47 Å². The molecule has 1 atom stereocenters. The molecule has 0 saturated heterocycles. The first-order valence-corrected chi connectivity index (χ1v) is 10.4. The molecule has 6 nitrogen and oxygen atoms in total. The fourth-order valence-electron chi connectivity index (χ4n) is 5.46. The highest BCUT2D eigenvalue weighted by molar-refractivity contribution is 5.78. The van der Waals surface area contributed by atoms with E-state index in [1.54, 1.807) is 20.2 Å². The lowest BCUT2D eigenvalue weighted by molar-refractivity contribution is -0.00984. The number of nitrogens with two attached hydrogens (primary N) is 1. The maximum atomic E-state index is 9.21. The molecule has 1 saturated carbocycles. The number of fused-ring (bicyclic) bond motifs is 3. The van der Waals surface area contributed by atoms with Gasteiger partial charge in [0, 0.05) is 29.9 Å². The van der Waals surface area contributed by atoms with Crippen molar-refractivity contribution in [2.24, 2.45) is 21.1 Å². The lowest BCUT2D eigenvalue weighted by atomic mass is 9.62. The molecule has 156 valence electrons. The first kappa shape index (κ1) is 20.4.